The largest absolute Gasteiger partial charge is 0.147 e. The van der Waals surface area contributed by atoms with Crippen LogP contribution in [0.2, 0.25) is 0 Å². The Morgan fingerprint density at radius 1 is 0.864 bits per heavy atom. The van der Waals surface area contributed by atoms with Gasteiger partial charge >= 0.3 is 0 Å². The van der Waals surface area contributed by atoms with Crippen molar-refractivity contribution < 1.29 is 0 Å². The van der Waals surface area contributed by atoms with Crippen LogP contribution in [0.5, 0.6) is 0 Å². The summed E-state index contributed by atoms with van der Waals surface area (Å²) in [6.07, 6.45) is 16.1. The summed E-state index contributed by atoms with van der Waals surface area (Å²) in [4.78, 5) is 0. The third-order valence-electron chi connectivity index (χ3n) is 5.82. The molecule has 0 radical (unpaired) electrons. The molecule has 0 N–H and O–H groups in total. The van der Waals surface area contributed by atoms with Gasteiger partial charge in [0.25, 0.3) is 0 Å². The molecule has 130 valence electrons. The van der Waals surface area contributed by atoms with Gasteiger partial charge in [0, 0.05) is 11.5 Å². The lowest BCUT2D eigenvalue weighted by Crippen LogP contribution is -2.33. The van der Waals surface area contributed by atoms with E-state index in [9.17, 15) is 0 Å². The lowest BCUT2D eigenvalue weighted by molar-refractivity contribution is 0.268. The molecule has 1 heterocycles. The first-order chi connectivity index (χ1) is 10.7. The lowest BCUT2D eigenvalue weighted by Gasteiger charge is -2.41. The summed E-state index contributed by atoms with van der Waals surface area (Å²) in [5.41, 5.74) is 0.624. The van der Waals surface area contributed by atoms with E-state index in [2.05, 4.69) is 44.3 Å². The van der Waals surface area contributed by atoms with Crippen LogP contribution in [0.1, 0.15) is 91.4 Å². The molecule has 2 aliphatic rings. The molecular formula is C20H38S2. The normalized spacial score (nSPS) is 36.4. The third-order valence-corrected chi connectivity index (χ3v) is 9.79. The molecular weight excluding hydrogens is 304 g/mol. The minimum Gasteiger partial charge on any atom is -0.147 e. The standard InChI is InChI=1S/C20H38S2/c1-4-6-8-9-17-10-12-18(13-11-17)19-21-15-20(3,16-22-19)14-7-5-2/h17-19H,4-16H2,1-3H3/t17?,18?,19-,20-. The Morgan fingerprint density at radius 3 is 2.09 bits per heavy atom. The van der Waals surface area contributed by atoms with E-state index in [0.29, 0.717) is 5.41 Å². The summed E-state index contributed by atoms with van der Waals surface area (Å²) >= 11 is 4.63. The van der Waals surface area contributed by atoms with Crippen molar-refractivity contribution in [2.75, 3.05) is 11.5 Å². The predicted molar refractivity (Wildman–Crippen MR) is 106 cm³/mol. The molecule has 2 rings (SSSR count). The quantitative estimate of drug-likeness (QED) is 0.422. The first-order valence-electron chi connectivity index (χ1n) is 9.90. The fourth-order valence-electron chi connectivity index (χ4n) is 4.11. The second-order valence-electron chi connectivity index (χ2n) is 8.18. The molecule has 2 heteroatoms. The van der Waals surface area contributed by atoms with E-state index in [1.165, 1.54) is 82.1 Å². The van der Waals surface area contributed by atoms with Crippen LogP contribution in [-0.4, -0.2) is 16.1 Å². The van der Waals surface area contributed by atoms with Gasteiger partial charge in [0.2, 0.25) is 0 Å². The van der Waals surface area contributed by atoms with E-state index < -0.39 is 0 Å². The molecule has 0 aromatic heterocycles. The van der Waals surface area contributed by atoms with Gasteiger partial charge in [-0.15, -0.1) is 23.5 Å². The number of rotatable bonds is 8. The van der Waals surface area contributed by atoms with Crippen LogP contribution in [0, 0.1) is 17.3 Å². The number of hydrogen-bond donors (Lipinski definition) is 0. The highest BCUT2D eigenvalue weighted by molar-refractivity contribution is 8.17. The van der Waals surface area contributed by atoms with Crippen molar-refractivity contribution in [3.8, 4) is 0 Å². The van der Waals surface area contributed by atoms with Gasteiger partial charge in [0.15, 0.2) is 0 Å². The molecule has 1 saturated carbocycles. The van der Waals surface area contributed by atoms with Gasteiger partial charge in [0.05, 0.1) is 4.58 Å². The minimum absolute atomic E-state index is 0.624. The van der Waals surface area contributed by atoms with Gasteiger partial charge in [-0.3, -0.25) is 0 Å². The second kappa shape index (κ2) is 9.87. The van der Waals surface area contributed by atoms with Crippen LogP contribution in [0.4, 0.5) is 0 Å². The topological polar surface area (TPSA) is 0 Å². The van der Waals surface area contributed by atoms with Crippen LogP contribution >= 0.6 is 23.5 Å². The molecule has 0 spiro atoms. The van der Waals surface area contributed by atoms with Crippen LogP contribution < -0.4 is 0 Å². The zero-order chi connectivity index (χ0) is 15.8. The highest BCUT2D eigenvalue weighted by atomic mass is 32.2. The Balaban J connectivity index is 1.66. The highest BCUT2D eigenvalue weighted by Crippen LogP contribution is 2.49. The Bertz CT molecular complexity index is 286. The summed E-state index contributed by atoms with van der Waals surface area (Å²) in [5, 5.41) is 0. The fraction of sp³-hybridized carbons (Fsp3) is 1.00. The molecule has 0 aromatic carbocycles. The van der Waals surface area contributed by atoms with E-state index in [4.69, 9.17) is 0 Å². The van der Waals surface area contributed by atoms with Crippen molar-refractivity contribution in [3.63, 3.8) is 0 Å². The minimum atomic E-state index is 0.624. The van der Waals surface area contributed by atoms with E-state index in [0.717, 1.165) is 16.4 Å². The molecule has 1 saturated heterocycles. The van der Waals surface area contributed by atoms with Crippen LogP contribution in [-0.2, 0) is 0 Å². The van der Waals surface area contributed by atoms with Gasteiger partial charge in [-0.05, 0) is 36.5 Å². The number of unbranched alkanes of at least 4 members (excludes halogenated alkanes) is 3. The van der Waals surface area contributed by atoms with Crippen molar-refractivity contribution in [2.45, 2.75) is 96.0 Å². The van der Waals surface area contributed by atoms with Crippen LogP contribution in [0.25, 0.3) is 0 Å². The molecule has 0 bridgehead atoms. The highest BCUT2D eigenvalue weighted by Gasteiger charge is 2.36. The Labute approximate surface area is 148 Å². The van der Waals surface area contributed by atoms with E-state index >= 15 is 0 Å². The van der Waals surface area contributed by atoms with E-state index in [-0.39, 0.29) is 0 Å². The smallest absolute Gasteiger partial charge is 0.0531 e. The molecule has 0 amide bonds. The summed E-state index contributed by atoms with van der Waals surface area (Å²) < 4.78 is 0.922. The zero-order valence-corrected chi connectivity index (χ0v) is 16.9. The maximum absolute atomic E-state index is 2.53. The monoisotopic (exact) mass is 342 g/mol. The summed E-state index contributed by atoms with van der Waals surface area (Å²) in [7, 11) is 0. The van der Waals surface area contributed by atoms with Crippen molar-refractivity contribution in [3.05, 3.63) is 0 Å². The predicted octanol–water partition coefficient (Wildman–Crippen LogP) is 7.38. The molecule has 0 nitrogen and oxygen atoms in total. The van der Waals surface area contributed by atoms with Gasteiger partial charge in [-0.25, -0.2) is 0 Å². The fourth-order valence-corrected chi connectivity index (χ4v) is 7.75. The summed E-state index contributed by atoms with van der Waals surface area (Å²) in [6.45, 7) is 7.18. The van der Waals surface area contributed by atoms with Gasteiger partial charge in [-0.1, -0.05) is 72.1 Å². The first kappa shape index (κ1) is 19.0. The third kappa shape index (κ3) is 5.96. The second-order valence-corrected chi connectivity index (χ2v) is 10.7. The Morgan fingerprint density at radius 2 is 1.50 bits per heavy atom. The van der Waals surface area contributed by atoms with Crippen molar-refractivity contribution in [2.24, 2.45) is 17.3 Å². The van der Waals surface area contributed by atoms with E-state index in [1.54, 1.807) is 0 Å². The SMILES string of the molecule is CCCCCC1CCC([C@H]2SC[C@](C)(CCCC)CS2)CC1. The molecule has 1 aliphatic heterocycles. The number of hydrogen-bond acceptors (Lipinski definition) is 2. The van der Waals surface area contributed by atoms with E-state index in [1.807, 2.05) is 0 Å². The van der Waals surface area contributed by atoms with Crippen molar-refractivity contribution >= 4 is 23.5 Å². The maximum atomic E-state index is 2.53. The Kier molecular flexibility index (Phi) is 8.53. The molecule has 22 heavy (non-hydrogen) atoms. The van der Waals surface area contributed by atoms with Crippen molar-refractivity contribution in [1.82, 2.24) is 0 Å². The van der Waals surface area contributed by atoms with Crippen LogP contribution in [0.3, 0.4) is 0 Å². The maximum Gasteiger partial charge on any atom is 0.0531 e. The first-order valence-corrected chi connectivity index (χ1v) is 12.0. The van der Waals surface area contributed by atoms with Gasteiger partial charge in [0.1, 0.15) is 0 Å². The molecule has 0 aromatic rings. The molecule has 0 atom stereocenters. The summed E-state index contributed by atoms with van der Waals surface area (Å²) in [6, 6.07) is 0. The zero-order valence-electron chi connectivity index (χ0n) is 15.2. The number of thioether (sulfide) groups is 2. The lowest BCUT2D eigenvalue weighted by atomic mass is 9.80. The van der Waals surface area contributed by atoms with Gasteiger partial charge in [-0.2, -0.15) is 0 Å². The molecule has 2 fully saturated rings. The van der Waals surface area contributed by atoms with Gasteiger partial charge < -0.3 is 0 Å². The summed E-state index contributed by atoms with van der Waals surface area (Å²) in [5.74, 6) is 4.92. The Hall–Kier alpha value is 0.700. The van der Waals surface area contributed by atoms with Crippen LogP contribution in [0.15, 0.2) is 0 Å². The molecule has 1 aliphatic carbocycles. The average Bonchev–Trinajstić information content (AvgIpc) is 2.55. The van der Waals surface area contributed by atoms with Crippen molar-refractivity contribution in [1.29, 1.82) is 0 Å². The molecule has 0 unspecified atom stereocenters. The average molecular weight is 343 g/mol.